The molecule has 106 valence electrons. The van der Waals surface area contributed by atoms with E-state index in [1.165, 1.54) is 4.88 Å². The molecule has 0 aliphatic heterocycles. The van der Waals surface area contributed by atoms with Gasteiger partial charge in [-0.25, -0.2) is 9.97 Å². The Bertz CT molecular complexity index is 752. The zero-order chi connectivity index (χ0) is 14.8. The van der Waals surface area contributed by atoms with Crippen LogP contribution in [-0.4, -0.2) is 9.97 Å². The fourth-order valence-electron chi connectivity index (χ4n) is 1.98. The van der Waals surface area contributed by atoms with Gasteiger partial charge in [-0.3, -0.25) is 0 Å². The molecule has 0 bridgehead atoms. The van der Waals surface area contributed by atoms with Crippen molar-refractivity contribution in [3.05, 3.63) is 67.3 Å². The third kappa shape index (κ3) is 3.29. The highest BCUT2D eigenvalue weighted by Crippen LogP contribution is 2.36. The molecular formula is C15H9BrCl2N2S. The van der Waals surface area contributed by atoms with Crippen LogP contribution in [0.4, 0.5) is 0 Å². The average molecular weight is 400 g/mol. The van der Waals surface area contributed by atoms with Gasteiger partial charge in [0.1, 0.15) is 16.1 Å². The van der Waals surface area contributed by atoms with Crippen molar-refractivity contribution in [2.24, 2.45) is 0 Å². The molecular weight excluding hydrogens is 391 g/mol. The van der Waals surface area contributed by atoms with E-state index < -0.39 is 0 Å². The second-order valence-electron chi connectivity index (χ2n) is 4.33. The van der Waals surface area contributed by atoms with Crippen molar-refractivity contribution in [2.45, 2.75) is 6.42 Å². The Labute approximate surface area is 144 Å². The molecule has 0 aliphatic carbocycles. The predicted octanol–water partition coefficient (Wildman–Crippen LogP) is 5.87. The molecule has 0 unspecified atom stereocenters. The van der Waals surface area contributed by atoms with Gasteiger partial charge in [0.05, 0.1) is 5.56 Å². The van der Waals surface area contributed by atoms with E-state index in [1.54, 1.807) is 11.3 Å². The summed E-state index contributed by atoms with van der Waals surface area (Å²) in [5, 5.41) is 2.76. The molecule has 1 aromatic carbocycles. The number of thiophene rings is 1. The van der Waals surface area contributed by atoms with Crippen molar-refractivity contribution >= 4 is 50.5 Å². The van der Waals surface area contributed by atoms with Crippen molar-refractivity contribution < 1.29 is 0 Å². The number of hydrogen-bond donors (Lipinski definition) is 0. The van der Waals surface area contributed by atoms with E-state index in [4.69, 9.17) is 23.2 Å². The fraction of sp³-hybridized carbons (Fsp3) is 0.0667. The van der Waals surface area contributed by atoms with Crippen LogP contribution in [0.5, 0.6) is 0 Å². The van der Waals surface area contributed by atoms with Crippen molar-refractivity contribution in [1.82, 2.24) is 9.97 Å². The first-order chi connectivity index (χ1) is 10.1. The molecule has 0 aliphatic rings. The number of aromatic nitrogens is 2. The maximum atomic E-state index is 6.33. The van der Waals surface area contributed by atoms with Crippen molar-refractivity contribution in [3.8, 4) is 11.1 Å². The van der Waals surface area contributed by atoms with Gasteiger partial charge in [0.15, 0.2) is 0 Å². The molecule has 0 saturated carbocycles. The van der Waals surface area contributed by atoms with Gasteiger partial charge in [0.25, 0.3) is 0 Å². The normalized spacial score (nSPS) is 10.8. The Morgan fingerprint density at radius 3 is 2.33 bits per heavy atom. The Morgan fingerprint density at radius 2 is 1.71 bits per heavy atom. The zero-order valence-corrected chi connectivity index (χ0v) is 14.6. The summed E-state index contributed by atoms with van der Waals surface area (Å²) in [6, 6.07) is 11.8. The molecule has 0 saturated heterocycles. The summed E-state index contributed by atoms with van der Waals surface area (Å²) in [7, 11) is 0. The van der Waals surface area contributed by atoms with E-state index in [1.807, 2.05) is 41.8 Å². The second-order valence-corrected chi connectivity index (χ2v) is 6.94. The topological polar surface area (TPSA) is 25.8 Å². The molecule has 6 heteroatoms. The number of nitrogens with zero attached hydrogens (tertiary/aromatic N) is 2. The van der Waals surface area contributed by atoms with Crippen molar-refractivity contribution in [3.63, 3.8) is 0 Å². The molecule has 0 N–H and O–H groups in total. The number of hydrogen-bond acceptors (Lipinski definition) is 3. The van der Waals surface area contributed by atoms with Crippen LogP contribution in [-0.2, 0) is 6.42 Å². The van der Waals surface area contributed by atoms with Gasteiger partial charge in [0.2, 0.25) is 0 Å². The molecule has 0 amide bonds. The second kappa shape index (κ2) is 6.44. The van der Waals surface area contributed by atoms with E-state index in [2.05, 4.69) is 25.9 Å². The van der Waals surface area contributed by atoms with Gasteiger partial charge in [-0.1, -0.05) is 63.4 Å². The zero-order valence-electron chi connectivity index (χ0n) is 10.7. The molecule has 2 aromatic heterocycles. The van der Waals surface area contributed by atoms with Crippen LogP contribution in [0.2, 0.25) is 10.3 Å². The fourth-order valence-corrected chi connectivity index (χ4v) is 3.79. The van der Waals surface area contributed by atoms with E-state index in [9.17, 15) is 0 Å². The standard InChI is InChI=1S/C15H9BrCl2N2S/c16-11-6-2-1-5-10(11)13-14(17)19-12(20-15(13)18)8-9-4-3-7-21-9/h1-7H,8H2. The summed E-state index contributed by atoms with van der Waals surface area (Å²) in [6.07, 6.45) is 0.632. The van der Waals surface area contributed by atoms with Crippen LogP contribution < -0.4 is 0 Å². The molecule has 3 aromatic rings. The van der Waals surface area contributed by atoms with E-state index in [0.717, 1.165) is 10.0 Å². The maximum Gasteiger partial charge on any atom is 0.142 e. The molecule has 0 radical (unpaired) electrons. The Balaban J connectivity index is 2.03. The summed E-state index contributed by atoms with van der Waals surface area (Å²) < 4.78 is 0.906. The van der Waals surface area contributed by atoms with Crippen molar-refractivity contribution in [2.75, 3.05) is 0 Å². The number of halogens is 3. The number of rotatable bonds is 3. The van der Waals surface area contributed by atoms with Crippen LogP contribution in [0.1, 0.15) is 10.7 Å². The molecule has 0 spiro atoms. The quantitative estimate of drug-likeness (QED) is 0.515. The minimum atomic E-state index is 0.369. The highest BCUT2D eigenvalue weighted by molar-refractivity contribution is 9.10. The minimum Gasteiger partial charge on any atom is -0.220 e. The summed E-state index contributed by atoms with van der Waals surface area (Å²) in [5.74, 6) is 0.628. The van der Waals surface area contributed by atoms with E-state index >= 15 is 0 Å². The van der Waals surface area contributed by atoms with Crippen LogP contribution in [0.25, 0.3) is 11.1 Å². The van der Waals surface area contributed by atoms with Gasteiger partial charge >= 0.3 is 0 Å². The minimum absolute atomic E-state index is 0.369. The predicted molar refractivity (Wildman–Crippen MR) is 92.3 cm³/mol. The van der Waals surface area contributed by atoms with Crippen LogP contribution >= 0.6 is 50.5 Å². The molecule has 2 heterocycles. The van der Waals surface area contributed by atoms with Crippen molar-refractivity contribution in [1.29, 1.82) is 0 Å². The maximum absolute atomic E-state index is 6.33. The van der Waals surface area contributed by atoms with Gasteiger partial charge in [-0.2, -0.15) is 0 Å². The molecule has 0 atom stereocenters. The first-order valence-corrected chi connectivity index (χ1v) is 8.57. The molecule has 3 rings (SSSR count). The summed E-state index contributed by atoms with van der Waals surface area (Å²) in [5.41, 5.74) is 1.54. The third-order valence-corrected chi connectivity index (χ3v) is 5.04. The lowest BCUT2D eigenvalue weighted by Gasteiger charge is -2.09. The monoisotopic (exact) mass is 398 g/mol. The lowest BCUT2D eigenvalue weighted by Crippen LogP contribution is -1.99. The summed E-state index contributed by atoms with van der Waals surface area (Å²) >= 11 is 17.8. The van der Waals surface area contributed by atoms with Crippen LogP contribution in [0.15, 0.2) is 46.3 Å². The molecule has 0 fully saturated rings. The van der Waals surface area contributed by atoms with Gasteiger partial charge < -0.3 is 0 Å². The third-order valence-electron chi connectivity index (χ3n) is 2.92. The highest BCUT2D eigenvalue weighted by Gasteiger charge is 2.16. The molecule has 2 nitrogen and oxygen atoms in total. The summed E-state index contributed by atoms with van der Waals surface area (Å²) in [6.45, 7) is 0. The first-order valence-electron chi connectivity index (χ1n) is 6.14. The lowest BCUT2D eigenvalue weighted by molar-refractivity contribution is 0.983. The average Bonchev–Trinajstić information content (AvgIpc) is 2.93. The Morgan fingerprint density at radius 1 is 1.00 bits per heavy atom. The SMILES string of the molecule is Clc1nc(Cc2cccs2)nc(Cl)c1-c1ccccc1Br. The Kier molecular flexibility index (Phi) is 4.60. The number of benzene rings is 1. The highest BCUT2D eigenvalue weighted by atomic mass is 79.9. The van der Waals surface area contributed by atoms with Crippen LogP contribution in [0, 0.1) is 0 Å². The largest absolute Gasteiger partial charge is 0.220 e. The van der Waals surface area contributed by atoms with Crippen LogP contribution in [0.3, 0.4) is 0 Å². The van der Waals surface area contributed by atoms with E-state index in [-0.39, 0.29) is 0 Å². The Hall–Kier alpha value is -0.940. The first kappa shape index (κ1) is 15.0. The van der Waals surface area contributed by atoms with Gasteiger partial charge in [-0.15, -0.1) is 11.3 Å². The molecule has 21 heavy (non-hydrogen) atoms. The summed E-state index contributed by atoms with van der Waals surface area (Å²) in [4.78, 5) is 9.94. The lowest BCUT2D eigenvalue weighted by atomic mass is 10.1. The van der Waals surface area contributed by atoms with E-state index in [0.29, 0.717) is 28.1 Å². The smallest absolute Gasteiger partial charge is 0.142 e. The van der Waals surface area contributed by atoms with Gasteiger partial charge in [0, 0.05) is 21.3 Å². The van der Waals surface area contributed by atoms with Gasteiger partial charge in [-0.05, 0) is 17.5 Å².